The smallest absolute Gasteiger partial charge is 0.341 e. The number of carbonyl (C=O) groups is 2. The highest BCUT2D eigenvalue weighted by atomic mass is 16.5. The maximum absolute atomic E-state index is 12.3. The molecule has 120 valence electrons. The molecule has 1 aliphatic rings. The third-order valence-electron chi connectivity index (χ3n) is 4.08. The number of ether oxygens (including phenoxy) is 1. The first-order valence-corrected chi connectivity index (χ1v) is 7.25. The van der Waals surface area contributed by atoms with E-state index in [1.165, 1.54) is 13.3 Å². The van der Waals surface area contributed by atoms with E-state index in [0.717, 1.165) is 5.69 Å². The maximum atomic E-state index is 12.3. The fourth-order valence-corrected chi connectivity index (χ4v) is 2.87. The van der Waals surface area contributed by atoms with Gasteiger partial charge < -0.3 is 19.7 Å². The summed E-state index contributed by atoms with van der Waals surface area (Å²) in [7, 11) is 1.50. The van der Waals surface area contributed by atoms with E-state index in [0.29, 0.717) is 37.2 Å². The number of nitrogens with one attached hydrogen (secondary N) is 1. The van der Waals surface area contributed by atoms with E-state index in [2.05, 4.69) is 4.98 Å². The second-order valence-corrected chi connectivity index (χ2v) is 5.40. The third kappa shape index (κ3) is 2.54. The molecule has 0 aliphatic carbocycles. The topological polar surface area (TPSA) is 99.7 Å². The van der Waals surface area contributed by atoms with Gasteiger partial charge in [-0.25, -0.2) is 4.79 Å². The van der Waals surface area contributed by atoms with Crippen molar-refractivity contribution in [2.24, 2.45) is 0 Å². The summed E-state index contributed by atoms with van der Waals surface area (Å²) in [6, 6.07) is 3.33. The molecule has 2 aromatic rings. The summed E-state index contributed by atoms with van der Waals surface area (Å²) in [5.41, 5.74) is 0.379. The lowest BCUT2D eigenvalue weighted by atomic mass is 10.1. The summed E-state index contributed by atoms with van der Waals surface area (Å²) in [4.78, 5) is 39.6. The van der Waals surface area contributed by atoms with Crippen molar-refractivity contribution >= 4 is 28.3 Å². The Balaban J connectivity index is 2.15. The largest absolute Gasteiger partial charge is 0.492 e. The third-order valence-corrected chi connectivity index (χ3v) is 4.08. The zero-order valence-corrected chi connectivity index (χ0v) is 12.6. The number of fused-ring (bicyclic) bond motifs is 1. The molecule has 0 bridgehead atoms. The van der Waals surface area contributed by atoms with Gasteiger partial charge in [0.05, 0.1) is 23.7 Å². The first-order valence-electron chi connectivity index (χ1n) is 7.25. The number of aromatic amines is 1. The highest BCUT2D eigenvalue weighted by molar-refractivity contribution is 5.96. The number of methoxy groups -OCH3 is 1. The number of H-pyrrole nitrogens is 1. The summed E-state index contributed by atoms with van der Waals surface area (Å²) in [5, 5.41) is 9.31. The lowest BCUT2D eigenvalue weighted by Crippen LogP contribution is -2.34. The number of nitrogens with zero attached hydrogens (tertiary/aromatic N) is 1. The van der Waals surface area contributed by atoms with Crippen LogP contribution in [0.25, 0.3) is 10.9 Å². The monoisotopic (exact) mass is 316 g/mol. The number of aromatic carboxylic acids is 1. The van der Waals surface area contributed by atoms with E-state index in [9.17, 15) is 14.4 Å². The number of carboxylic acid groups (broad SMARTS) is 1. The van der Waals surface area contributed by atoms with Gasteiger partial charge in [-0.05, 0) is 12.1 Å². The minimum atomic E-state index is -1.27. The number of ketones is 1. The fourth-order valence-electron chi connectivity index (χ4n) is 2.87. The average Bonchev–Trinajstić information content (AvgIpc) is 2.54. The van der Waals surface area contributed by atoms with Crippen molar-refractivity contribution < 1.29 is 19.4 Å². The van der Waals surface area contributed by atoms with E-state index in [1.54, 1.807) is 12.1 Å². The van der Waals surface area contributed by atoms with Crippen LogP contribution in [0.15, 0.2) is 23.1 Å². The van der Waals surface area contributed by atoms with Gasteiger partial charge in [0.15, 0.2) is 5.75 Å². The minimum absolute atomic E-state index is 0.237. The first-order chi connectivity index (χ1) is 11.0. The predicted molar refractivity (Wildman–Crippen MR) is 84.5 cm³/mol. The molecule has 0 amide bonds. The van der Waals surface area contributed by atoms with Crippen LogP contribution < -0.4 is 15.1 Å². The molecule has 0 atom stereocenters. The molecule has 0 spiro atoms. The number of anilines is 1. The number of carboxylic acids is 1. The molecule has 1 saturated heterocycles. The Morgan fingerprint density at radius 2 is 1.96 bits per heavy atom. The second kappa shape index (κ2) is 5.75. The summed E-state index contributed by atoms with van der Waals surface area (Å²) in [5.74, 6) is -0.558. The first kappa shape index (κ1) is 15.1. The molecule has 0 radical (unpaired) electrons. The molecule has 7 nitrogen and oxygen atoms in total. The standard InChI is InChI=1S/C16H16N2O5/c1-23-15-12(18-6-4-9(19)5-7-18)3-2-10-13(15)17-8-11(14(10)20)16(21)22/h2-3,8H,4-7H2,1H3,(H,17,20)(H,21,22). The number of rotatable bonds is 3. The van der Waals surface area contributed by atoms with Crippen LogP contribution in [-0.2, 0) is 4.79 Å². The molecular weight excluding hydrogens is 300 g/mol. The minimum Gasteiger partial charge on any atom is -0.492 e. The highest BCUT2D eigenvalue weighted by Crippen LogP contribution is 2.35. The van der Waals surface area contributed by atoms with Crippen LogP contribution in [0.3, 0.4) is 0 Å². The second-order valence-electron chi connectivity index (χ2n) is 5.40. The highest BCUT2D eigenvalue weighted by Gasteiger charge is 2.22. The van der Waals surface area contributed by atoms with Crippen LogP contribution in [0.4, 0.5) is 5.69 Å². The summed E-state index contributed by atoms with van der Waals surface area (Å²) >= 11 is 0. The van der Waals surface area contributed by atoms with Crippen molar-refractivity contribution in [3.05, 3.63) is 34.1 Å². The maximum Gasteiger partial charge on any atom is 0.341 e. The lowest BCUT2D eigenvalue weighted by molar-refractivity contribution is -0.119. The van der Waals surface area contributed by atoms with E-state index < -0.39 is 11.4 Å². The van der Waals surface area contributed by atoms with Gasteiger partial charge in [-0.1, -0.05) is 0 Å². The van der Waals surface area contributed by atoms with Gasteiger partial charge in [-0.3, -0.25) is 9.59 Å². The zero-order chi connectivity index (χ0) is 16.6. The van der Waals surface area contributed by atoms with E-state index >= 15 is 0 Å². The average molecular weight is 316 g/mol. The fraction of sp³-hybridized carbons (Fsp3) is 0.312. The Bertz CT molecular complexity index is 845. The Kier molecular flexibility index (Phi) is 3.77. The van der Waals surface area contributed by atoms with Crippen LogP contribution in [0, 0.1) is 0 Å². The molecule has 0 unspecified atom stereocenters. The van der Waals surface area contributed by atoms with Gasteiger partial charge in [0.2, 0.25) is 5.43 Å². The number of carbonyl (C=O) groups excluding carboxylic acids is 1. The van der Waals surface area contributed by atoms with Crippen LogP contribution in [0.2, 0.25) is 0 Å². The molecule has 2 N–H and O–H groups in total. The SMILES string of the molecule is COc1c(N2CCC(=O)CC2)ccc2c(=O)c(C(=O)O)c[nH]c12. The number of pyridine rings is 1. The number of hydrogen-bond donors (Lipinski definition) is 2. The molecule has 1 aromatic heterocycles. The Hall–Kier alpha value is -2.83. The van der Waals surface area contributed by atoms with Crippen molar-refractivity contribution in [1.29, 1.82) is 0 Å². The molecule has 1 aliphatic heterocycles. The summed E-state index contributed by atoms with van der Waals surface area (Å²) < 4.78 is 5.45. The van der Waals surface area contributed by atoms with Crippen molar-refractivity contribution in [2.75, 3.05) is 25.1 Å². The van der Waals surface area contributed by atoms with Gasteiger partial charge in [0, 0.05) is 32.1 Å². The molecule has 1 fully saturated rings. The Morgan fingerprint density at radius 1 is 1.26 bits per heavy atom. The molecule has 23 heavy (non-hydrogen) atoms. The van der Waals surface area contributed by atoms with Gasteiger partial charge in [0.25, 0.3) is 0 Å². The Morgan fingerprint density at radius 3 is 2.57 bits per heavy atom. The van der Waals surface area contributed by atoms with Gasteiger partial charge in [-0.2, -0.15) is 0 Å². The van der Waals surface area contributed by atoms with Crippen molar-refractivity contribution in [3.8, 4) is 5.75 Å². The van der Waals surface area contributed by atoms with E-state index in [4.69, 9.17) is 9.84 Å². The molecule has 7 heteroatoms. The quantitative estimate of drug-likeness (QED) is 0.888. The van der Waals surface area contributed by atoms with Gasteiger partial charge in [-0.15, -0.1) is 0 Å². The normalized spacial score (nSPS) is 15.0. The lowest BCUT2D eigenvalue weighted by Gasteiger charge is -2.29. The molecule has 0 saturated carbocycles. The predicted octanol–water partition coefficient (Wildman–Crippen LogP) is 1.40. The van der Waals surface area contributed by atoms with Crippen LogP contribution >= 0.6 is 0 Å². The molecular formula is C16H16N2O5. The van der Waals surface area contributed by atoms with E-state index in [-0.39, 0.29) is 16.7 Å². The number of benzene rings is 1. The van der Waals surface area contributed by atoms with Gasteiger partial charge in [0.1, 0.15) is 11.3 Å². The van der Waals surface area contributed by atoms with Crippen molar-refractivity contribution in [3.63, 3.8) is 0 Å². The molecule has 1 aromatic carbocycles. The van der Waals surface area contributed by atoms with Crippen molar-refractivity contribution in [2.45, 2.75) is 12.8 Å². The van der Waals surface area contributed by atoms with Crippen molar-refractivity contribution in [1.82, 2.24) is 4.98 Å². The summed E-state index contributed by atoms with van der Waals surface area (Å²) in [6.45, 7) is 1.19. The number of piperidine rings is 1. The van der Waals surface area contributed by atoms with Gasteiger partial charge >= 0.3 is 5.97 Å². The van der Waals surface area contributed by atoms with Crippen LogP contribution in [-0.4, -0.2) is 42.0 Å². The molecule has 3 rings (SSSR count). The molecule has 2 heterocycles. The number of aromatic nitrogens is 1. The van der Waals surface area contributed by atoms with Crippen LogP contribution in [0.5, 0.6) is 5.75 Å². The zero-order valence-electron chi connectivity index (χ0n) is 12.6. The van der Waals surface area contributed by atoms with Crippen LogP contribution in [0.1, 0.15) is 23.2 Å². The number of hydrogen-bond acceptors (Lipinski definition) is 5. The number of Topliss-reactive ketones (excluding diaryl/α,β-unsaturated/α-hetero) is 1. The summed E-state index contributed by atoms with van der Waals surface area (Å²) in [6.07, 6.45) is 2.14. The Labute approximate surface area is 131 Å². The van der Waals surface area contributed by atoms with E-state index in [1.807, 2.05) is 4.90 Å².